The molecule has 1 aromatic carbocycles. The molecule has 0 radical (unpaired) electrons. The number of aliphatic hydroxyl groups is 2. The van der Waals surface area contributed by atoms with Gasteiger partial charge in [-0.05, 0) is 37.7 Å². The van der Waals surface area contributed by atoms with E-state index in [9.17, 15) is 14.6 Å². The van der Waals surface area contributed by atoms with Crippen LogP contribution in [0.3, 0.4) is 0 Å². The van der Waals surface area contributed by atoms with Crippen molar-refractivity contribution in [1.82, 2.24) is 5.32 Å². The number of hydrogen-bond acceptors (Lipinski definition) is 4. The average molecular weight is 243 g/mol. The van der Waals surface area contributed by atoms with E-state index < -0.39 is 18.0 Å². The zero-order valence-corrected chi connectivity index (χ0v) is 9.98. The minimum absolute atomic E-state index is 0.116. The zero-order chi connectivity index (χ0) is 12.8. The van der Waals surface area contributed by atoms with Crippen molar-refractivity contribution >= 4 is 0 Å². The van der Waals surface area contributed by atoms with Crippen LogP contribution in [0.15, 0.2) is 18.2 Å². The van der Waals surface area contributed by atoms with Crippen LogP contribution in [0.25, 0.3) is 0 Å². The second kappa shape index (κ2) is 6.54. The Labute approximate surface area is 100 Å². The Hall–Kier alpha value is -1.17. The molecule has 2 unspecified atom stereocenters. The second-order valence-electron chi connectivity index (χ2n) is 3.80. The van der Waals surface area contributed by atoms with Gasteiger partial charge in [-0.15, -0.1) is 0 Å². The van der Waals surface area contributed by atoms with Gasteiger partial charge in [0.25, 0.3) is 0 Å². The maximum Gasteiger partial charge on any atom is 0.165 e. The highest BCUT2D eigenvalue weighted by Crippen LogP contribution is 2.24. The summed E-state index contributed by atoms with van der Waals surface area (Å²) < 4.78 is 18.2. The molecule has 4 nitrogen and oxygen atoms in total. The highest BCUT2D eigenvalue weighted by Gasteiger charge is 2.19. The number of rotatable bonds is 6. The monoisotopic (exact) mass is 243 g/mol. The molecule has 0 saturated heterocycles. The van der Waals surface area contributed by atoms with Crippen molar-refractivity contribution in [3.05, 3.63) is 29.6 Å². The average Bonchev–Trinajstić information content (AvgIpc) is 2.34. The lowest BCUT2D eigenvalue weighted by Gasteiger charge is -2.18. The van der Waals surface area contributed by atoms with Crippen molar-refractivity contribution in [2.75, 3.05) is 20.7 Å². The molecule has 0 heterocycles. The smallest absolute Gasteiger partial charge is 0.165 e. The highest BCUT2D eigenvalue weighted by molar-refractivity contribution is 5.30. The number of nitrogens with one attached hydrogen (secondary N) is 1. The van der Waals surface area contributed by atoms with E-state index in [2.05, 4.69) is 5.32 Å². The van der Waals surface area contributed by atoms with Gasteiger partial charge in [-0.3, -0.25) is 0 Å². The third-order valence-corrected chi connectivity index (χ3v) is 2.57. The molecule has 96 valence electrons. The van der Waals surface area contributed by atoms with Gasteiger partial charge in [-0.25, -0.2) is 4.39 Å². The summed E-state index contributed by atoms with van der Waals surface area (Å²) in [5.41, 5.74) is 0.340. The molecule has 0 spiro atoms. The normalized spacial score (nSPS) is 14.4. The number of methoxy groups -OCH3 is 1. The lowest BCUT2D eigenvalue weighted by molar-refractivity contribution is 0.0138. The van der Waals surface area contributed by atoms with Gasteiger partial charge in [0.2, 0.25) is 0 Å². The highest BCUT2D eigenvalue weighted by atomic mass is 19.1. The van der Waals surface area contributed by atoms with Crippen molar-refractivity contribution in [3.63, 3.8) is 0 Å². The van der Waals surface area contributed by atoms with E-state index in [0.29, 0.717) is 18.5 Å². The molecule has 0 aromatic heterocycles. The van der Waals surface area contributed by atoms with Crippen LogP contribution >= 0.6 is 0 Å². The molecule has 2 atom stereocenters. The molecule has 0 fully saturated rings. The molecule has 1 aromatic rings. The van der Waals surface area contributed by atoms with Crippen LogP contribution in [0.5, 0.6) is 5.75 Å². The Kier molecular flexibility index (Phi) is 5.34. The van der Waals surface area contributed by atoms with E-state index >= 15 is 0 Å². The predicted molar refractivity (Wildman–Crippen MR) is 62.5 cm³/mol. The van der Waals surface area contributed by atoms with Crippen LogP contribution < -0.4 is 10.1 Å². The van der Waals surface area contributed by atoms with E-state index in [-0.39, 0.29) is 5.75 Å². The molecule has 0 aliphatic rings. The summed E-state index contributed by atoms with van der Waals surface area (Å²) in [4.78, 5) is 0. The molecule has 17 heavy (non-hydrogen) atoms. The molecule has 5 heteroatoms. The van der Waals surface area contributed by atoms with E-state index in [1.807, 2.05) is 0 Å². The Morgan fingerprint density at radius 1 is 1.41 bits per heavy atom. The predicted octanol–water partition coefficient (Wildman–Crippen LogP) is 0.838. The largest absolute Gasteiger partial charge is 0.494 e. The molecule has 3 N–H and O–H groups in total. The van der Waals surface area contributed by atoms with Crippen LogP contribution in [0.1, 0.15) is 18.1 Å². The maximum absolute atomic E-state index is 13.4. The molecular weight excluding hydrogens is 225 g/mol. The first kappa shape index (κ1) is 13.9. The fraction of sp³-hybridized carbons (Fsp3) is 0.500. The van der Waals surface area contributed by atoms with Crippen molar-refractivity contribution in [2.45, 2.75) is 18.6 Å². The summed E-state index contributed by atoms with van der Waals surface area (Å²) in [6, 6.07) is 4.14. The zero-order valence-electron chi connectivity index (χ0n) is 9.98. The maximum atomic E-state index is 13.4. The first-order valence-corrected chi connectivity index (χ1v) is 5.44. The molecule has 0 bridgehead atoms. The van der Waals surface area contributed by atoms with Crippen LogP contribution in [0.2, 0.25) is 0 Å². The molecular formula is C12H18FNO3. The third-order valence-electron chi connectivity index (χ3n) is 2.57. The fourth-order valence-corrected chi connectivity index (χ4v) is 1.54. The van der Waals surface area contributed by atoms with Crippen LogP contribution in [-0.4, -0.2) is 37.0 Å². The lowest BCUT2D eigenvalue weighted by Crippen LogP contribution is -2.23. The van der Waals surface area contributed by atoms with Gasteiger partial charge in [0, 0.05) is 0 Å². The van der Waals surface area contributed by atoms with Crippen LogP contribution in [-0.2, 0) is 0 Å². The van der Waals surface area contributed by atoms with Gasteiger partial charge in [0.15, 0.2) is 11.6 Å². The number of aliphatic hydroxyl groups excluding tert-OH is 2. The van der Waals surface area contributed by atoms with E-state index in [1.165, 1.54) is 25.3 Å². The third kappa shape index (κ3) is 3.66. The van der Waals surface area contributed by atoms with E-state index in [4.69, 9.17) is 4.74 Å². The minimum atomic E-state index is -1.09. The van der Waals surface area contributed by atoms with Gasteiger partial charge in [-0.1, -0.05) is 6.07 Å². The lowest BCUT2D eigenvalue weighted by atomic mass is 10.0. The van der Waals surface area contributed by atoms with E-state index in [0.717, 1.165) is 0 Å². The van der Waals surface area contributed by atoms with Crippen molar-refractivity contribution in [3.8, 4) is 5.75 Å². The Morgan fingerprint density at radius 3 is 2.65 bits per heavy atom. The topological polar surface area (TPSA) is 61.7 Å². The summed E-state index contributed by atoms with van der Waals surface area (Å²) in [5, 5.41) is 22.4. The molecule has 0 amide bonds. The van der Waals surface area contributed by atoms with Gasteiger partial charge < -0.3 is 20.3 Å². The fourth-order valence-electron chi connectivity index (χ4n) is 1.54. The molecule has 0 aliphatic heterocycles. The SMILES string of the molecule is CNCCC(O)C(O)c1ccc(OC)c(F)c1. The quantitative estimate of drug-likeness (QED) is 0.693. The summed E-state index contributed by atoms with van der Waals surface area (Å²) in [6.07, 6.45) is -1.62. The first-order valence-electron chi connectivity index (χ1n) is 5.44. The van der Waals surface area contributed by atoms with Gasteiger partial charge in [0.05, 0.1) is 13.2 Å². The van der Waals surface area contributed by atoms with Crippen molar-refractivity contribution < 1.29 is 19.3 Å². The number of halogens is 1. The van der Waals surface area contributed by atoms with Crippen molar-refractivity contribution in [2.24, 2.45) is 0 Å². The molecule has 1 rings (SSSR count). The Morgan fingerprint density at radius 2 is 2.12 bits per heavy atom. The van der Waals surface area contributed by atoms with E-state index in [1.54, 1.807) is 7.05 Å². The van der Waals surface area contributed by atoms with Crippen LogP contribution in [0, 0.1) is 5.82 Å². The summed E-state index contributed by atoms with van der Waals surface area (Å²) in [6.45, 7) is 0.580. The Balaban J connectivity index is 2.74. The molecule has 0 aliphatic carbocycles. The second-order valence-corrected chi connectivity index (χ2v) is 3.80. The first-order chi connectivity index (χ1) is 8.10. The summed E-state index contributed by atoms with van der Waals surface area (Å²) in [5.74, 6) is -0.435. The number of benzene rings is 1. The Bertz CT molecular complexity index is 360. The summed E-state index contributed by atoms with van der Waals surface area (Å²) >= 11 is 0. The van der Waals surface area contributed by atoms with Gasteiger partial charge >= 0.3 is 0 Å². The number of ether oxygens (including phenoxy) is 1. The summed E-state index contributed by atoms with van der Waals surface area (Å²) in [7, 11) is 3.13. The minimum Gasteiger partial charge on any atom is -0.494 e. The number of hydrogen-bond donors (Lipinski definition) is 3. The standard InChI is InChI=1S/C12H18FNO3/c1-14-6-5-10(15)12(16)8-3-4-11(17-2)9(13)7-8/h3-4,7,10,12,14-16H,5-6H2,1-2H3. The van der Waals surface area contributed by atoms with Gasteiger partial charge in [0.1, 0.15) is 6.10 Å². The van der Waals surface area contributed by atoms with Crippen molar-refractivity contribution in [1.29, 1.82) is 0 Å². The molecule has 0 saturated carbocycles. The van der Waals surface area contributed by atoms with Gasteiger partial charge in [-0.2, -0.15) is 0 Å². The van der Waals surface area contributed by atoms with Crippen LogP contribution in [0.4, 0.5) is 4.39 Å².